The van der Waals surface area contributed by atoms with Crippen LogP contribution in [0.1, 0.15) is 27.7 Å². The van der Waals surface area contributed by atoms with Crippen LogP contribution in [0.4, 0.5) is 11.4 Å². The zero-order chi connectivity index (χ0) is 22.4. The number of nitrogens with zero attached hydrogens (tertiary/aromatic N) is 2. The van der Waals surface area contributed by atoms with E-state index in [0.29, 0.717) is 0 Å². The summed E-state index contributed by atoms with van der Waals surface area (Å²) in [4.78, 5) is 31.4. The predicted octanol–water partition coefficient (Wildman–Crippen LogP) is 5.49. The van der Waals surface area contributed by atoms with Crippen LogP contribution in [-0.2, 0) is 0 Å². The van der Waals surface area contributed by atoms with Crippen LogP contribution < -0.4 is 20.7 Å². The Morgan fingerprint density at radius 3 is 1.26 bits per heavy atom. The number of anilines is 2. The van der Waals surface area contributed by atoms with E-state index in [4.69, 9.17) is 0 Å². The van der Waals surface area contributed by atoms with Crippen molar-refractivity contribution in [3.63, 3.8) is 0 Å². The molecule has 0 amide bonds. The topological polar surface area (TPSA) is 40.6 Å². The van der Waals surface area contributed by atoms with Crippen molar-refractivity contribution in [3.05, 3.63) is 81.1 Å². The van der Waals surface area contributed by atoms with Crippen molar-refractivity contribution in [1.82, 2.24) is 0 Å². The molecule has 0 unspecified atom stereocenters. The van der Waals surface area contributed by atoms with Gasteiger partial charge in [-0.15, -0.1) is 11.3 Å². The molecule has 0 fully saturated rings. The van der Waals surface area contributed by atoms with E-state index in [1.54, 1.807) is 23.5 Å². The average molecular weight is 435 g/mol. The highest BCUT2D eigenvalue weighted by Gasteiger charge is 2.09. The number of hydrogen-bond acceptors (Lipinski definition) is 5. The first-order valence-electron chi connectivity index (χ1n) is 10.9. The summed E-state index contributed by atoms with van der Waals surface area (Å²) in [7, 11) is 0. The molecule has 31 heavy (non-hydrogen) atoms. The van der Waals surface area contributed by atoms with Crippen LogP contribution in [0.15, 0.2) is 70.3 Å². The smallest absolute Gasteiger partial charge is 0.201 e. The summed E-state index contributed by atoms with van der Waals surface area (Å²) in [5.74, 6) is 0. The lowest BCUT2D eigenvalue weighted by atomic mass is 10.2. The lowest BCUT2D eigenvalue weighted by Gasteiger charge is -2.18. The van der Waals surface area contributed by atoms with Gasteiger partial charge in [-0.25, -0.2) is 0 Å². The van der Waals surface area contributed by atoms with Gasteiger partial charge in [0.2, 0.25) is 10.9 Å². The second kappa shape index (κ2) is 10.4. The minimum absolute atomic E-state index is 0.0359. The maximum absolute atomic E-state index is 12.5. The minimum Gasteiger partial charge on any atom is -0.369 e. The van der Waals surface area contributed by atoms with Gasteiger partial charge in [-0.05, 0) is 87.4 Å². The van der Waals surface area contributed by atoms with E-state index in [1.165, 1.54) is 0 Å². The lowest BCUT2D eigenvalue weighted by Crippen LogP contribution is -2.26. The van der Waals surface area contributed by atoms with Crippen LogP contribution in [-0.4, -0.2) is 26.2 Å². The first-order chi connectivity index (χ1) is 15.0. The fourth-order valence-electron chi connectivity index (χ4n) is 3.74. The van der Waals surface area contributed by atoms with Crippen LogP contribution in [0.25, 0.3) is 20.9 Å². The van der Waals surface area contributed by atoms with Crippen molar-refractivity contribution >= 4 is 22.7 Å². The van der Waals surface area contributed by atoms with Crippen LogP contribution in [0.5, 0.6) is 0 Å². The van der Waals surface area contributed by atoms with E-state index in [1.807, 2.05) is 36.4 Å². The Bertz CT molecular complexity index is 1060. The standard InChI is InChI=1S/C26H30N2O2S/c1-5-27(6-2)21-13-9-19(11-15-23(21)29)25-17-18-26(31-25)20-10-14-22(24(30)16-12-20)28(7-3)8-4/h9-18H,5-8H2,1-4H3. The molecule has 162 valence electrons. The van der Waals surface area contributed by atoms with Crippen molar-refractivity contribution < 1.29 is 0 Å². The Labute approximate surface area is 188 Å². The first kappa shape index (κ1) is 22.8. The van der Waals surface area contributed by atoms with Gasteiger partial charge >= 0.3 is 0 Å². The molecule has 0 spiro atoms. The van der Waals surface area contributed by atoms with Crippen LogP contribution >= 0.6 is 11.3 Å². The summed E-state index contributed by atoms with van der Waals surface area (Å²) in [5, 5.41) is 0. The van der Waals surface area contributed by atoms with Gasteiger partial charge in [0.1, 0.15) is 0 Å². The summed E-state index contributed by atoms with van der Waals surface area (Å²) in [6, 6.07) is 19.1. The third-order valence-corrected chi connectivity index (χ3v) is 6.74. The lowest BCUT2D eigenvalue weighted by molar-refractivity contribution is 0.863. The van der Waals surface area contributed by atoms with Gasteiger partial charge in [-0.3, -0.25) is 9.59 Å². The van der Waals surface area contributed by atoms with E-state index in [9.17, 15) is 9.59 Å². The summed E-state index contributed by atoms with van der Waals surface area (Å²) < 4.78 is 0. The molecule has 0 saturated carbocycles. The second-order valence-corrected chi connectivity index (χ2v) is 8.34. The SMILES string of the molecule is CCN(CC)c1ccc(-c2ccc(-c3ccc(N(CC)CC)c(=O)cc3)s2)ccc1=O. The molecule has 0 atom stereocenters. The summed E-state index contributed by atoms with van der Waals surface area (Å²) >= 11 is 1.66. The van der Waals surface area contributed by atoms with Crippen LogP contribution in [0.3, 0.4) is 0 Å². The molecule has 0 aliphatic carbocycles. The van der Waals surface area contributed by atoms with Gasteiger partial charge in [-0.1, -0.05) is 12.1 Å². The fraction of sp³-hybridized carbons (Fsp3) is 0.308. The summed E-state index contributed by atoms with van der Waals surface area (Å²) in [6.07, 6.45) is 0. The molecule has 0 aliphatic rings. The van der Waals surface area contributed by atoms with Crippen molar-refractivity contribution in [3.8, 4) is 20.9 Å². The Morgan fingerprint density at radius 1 is 0.548 bits per heavy atom. The van der Waals surface area contributed by atoms with E-state index < -0.39 is 0 Å². The second-order valence-electron chi connectivity index (χ2n) is 7.25. The highest BCUT2D eigenvalue weighted by atomic mass is 32.1. The minimum atomic E-state index is 0.0359. The van der Waals surface area contributed by atoms with Gasteiger partial charge in [0.15, 0.2) is 0 Å². The molecule has 0 N–H and O–H groups in total. The maximum atomic E-state index is 12.5. The number of thiophene rings is 1. The highest BCUT2D eigenvalue weighted by Crippen LogP contribution is 2.34. The van der Waals surface area contributed by atoms with E-state index in [-0.39, 0.29) is 10.9 Å². The Morgan fingerprint density at radius 2 is 0.903 bits per heavy atom. The Kier molecular flexibility index (Phi) is 7.64. The molecular weight excluding hydrogens is 404 g/mol. The summed E-state index contributed by atoms with van der Waals surface area (Å²) in [6.45, 7) is 11.4. The van der Waals surface area contributed by atoms with Gasteiger partial charge in [0.05, 0.1) is 11.4 Å². The average Bonchev–Trinajstić information content (AvgIpc) is 3.09. The van der Waals surface area contributed by atoms with Crippen LogP contribution in [0.2, 0.25) is 0 Å². The molecule has 0 bridgehead atoms. The fourth-order valence-corrected chi connectivity index (χ4v) is 4.76. The van der Waals surface area contributed by atoms with Gasteiger partial charge < -0.3 is 9.80 Å². The molecular formula is C26H30N2O2S. The first-order valence-corrected chi connectivity index (χ1v) is 11.7. The quantitative estimate of drug-likeness (QED) is 0.470. The Balaban J connectivity index is 1.97. The molecule has 3 rings (SSSR count). The summed E-state index contributed by atoms with van der Waals surface area (Å²) in [5.41, 5.74) is 3.56. The Hall–Kier alpha value is -2.92. The van der Waals surface area contributed by atoms with E-state index >= 15 is 0 Å². The van der Waals surface area contributed by atoms with E-state index in [0.717, 1.165) is 58.4 Å². The maximum Gasteiger partial charge on any atom is 0.201 e. The highest BCUT2D eigenvalue weighted by molar-refractivity contribution is 7.18. The molecule has 5 heteroatoms. The van der Waals surface area contributed by atoms with Gasteiger partial charge in [0, 0.05) is 35.9 Å². The number of rotatable bonds is 8. The normalized spacial score (nSPS) is 10.7. The van der Waals surface area contributed by atoms with E-state index in [2.05, 4.69) is 49.6 Å². The molecule has 2 aromatic carbocycles. The molecule has 0 saturated heterocycles. The zero-order valence-electron chi connectivity index (χ0n) is 18.7. The predicted molar refractivity (Wildman–Crippen MR) is 135 cm³/mol. The van der Waals surface area contributed by atoms with Crippen molar-refractivity contribution in [2.75, 3.05) is 36.0 Å². The monoisotopic (exact) mass is 434 g/mol. The zero-order valence-corrected chi connectivity index (χ0v) is 19.5. The third-order valence-electron chi connectivity index (χ3n) is 5.56. The molecule has 0 aliphatic heterocycles. The molecule has 0 radical (unpaired) electrons. The largest absolute Gasteiger partial charge is 0.369 e. The third kappa shape index (κ3) is 5.05. The van der Waals surface area contributed by atoms with Crippen LogP contribution in [0, 0.1) is 0 Å². The molecule has 4 nitrogen and oxygen atoms in total. The molecule has 1 heterocycles. The molecule has 3 aromatic rings. The van der Waals surface area contributed by atoms with Crippen molar-refractivity contribution in [1.29, 1.82) is 0 Å². The number of hydrogen-bond donors (Lipinski definition) is 0. The van der Waals surface area contributed by atoms with Crippen molar-refractivity contribution in [2.24, 2.45) is 0 Å². The van der Waals surface area contributed by atoms with Gasteiger partial charge in [0.25, 0.3) is 0 Å². The molecule has 1 aromatic heterocycles. The van der Waals surface area contributed by atoms with Gasteiger partial charge in [-0.2, -0.15) is 0 Å². The van der Waals surface area contributed by atoms with Crippen molar-refractivity contribution in [2.45, 2.75) is 27.7 Å².